The third-order valence-corrected chi connectivity index (χ3v) is 4.76. The Morgan fingerprint density at radius 3 is 2.44 bits per heavy atom. The van der Waals surface area contributed by atoms with Crippen LogP contribution < -0.4 is 5.32 Å². The predicted molar refractivity (Wildman–Crippen MR) is 85.4 cm³/mol. The molecule has 0 fully saturated rings. The summed E-state index contributed by atoms with van der Waals surface area (Å²) in [4.78, 5) is 0. The molecule has 0 radical (unpaired) electrons. The normalized spacial score (nSPS) is 10.4. The van der Waals surface area contributed by atoms with Crippen molar-refractivity contribution in [3.8, 4) is 0 Å². The Labute approximate surface area is 129 Å². The van der Waals surface area contributed by atoms with Crippen LogP contribution in [0.3, 0.4) is 0 Å². The molecule has 0 saturated heterocycles. The van der Waals surface area contributed by atoms with Crippen molar-refractivity contribution in [2.45, 2.75) is 13.5 Å². The van der Waals surface area contributed by atoms with Gasteiger partial charge in [-0.05, 0) is 64.3 Å². The first-order valence-electron chi connectivity index (χ1n) is 5.50. The summed E-state index contributed by atoms with van der Waals surface area (Å²) in [5.74, 6) is 0. The third kappa shape index (κ3) is 3.50. The van der Waals surface area contributed by atoms with Crippen molar-refractivity contribution < 1.29 is 0 Å². The van der Waals surface area contributed by atoms with Crippen LogP contribution in [-0.2, 0) is 6.54 Å². The highest BCUT2D eigenvalue weighted by molar-refractivity contribution is 9.10. The molecule has 4 heteroatoms. The van der Waals surface area contributed by atoms with Gasteiger partial charge < -0.3 is 5.32 Å². The Morgan fingerprint density at radius 2 is 1.78 bits per heavy atom. The van der Waals surface area contributed by atoms with Gasteiger partial charge in [-0.2, -0.15) is 0 Å². The van der Waals surface area contributed by atoms with E-state index >= 15 is 0 Å². The lowest BCUT2D eigenvalue weighted by atomic mass is 10.2. The molecular formula is C14H12Br2ClN. The van der Waals surface area contributed by atoms with Crippen LogP contribution in [0.2, 0.25) is 5.02 Å². The minimum Gasteiger partial charge on any atom is -0.381 e. The molecule has 0 unspecified atom stereocenters. The molecule has 0 amide bonds. The first-order chi connectivity index (χ1) is 8.56. The van der Waals surface area contributed by atoms with Gasteiger partial charge in [0.1, 0.15) is 0 Å². The molecule has 1 nitrogen and oxygen atoms in total. The molecule has 0 bridgehead atoms. The van der Waals surface area contributed by atoms with Gasteiger partial charge in [-0.15, -0.1) is 0 Å². The summed E-state index contributed by atoms with van der Waals surface area (Å²) in [5, 5.41) is 4.12. The summed E-state index contributed by atoms with van der Waals surface area (Å²) < 4.78 is 2.05. The number of halogens is 3. The zero-order valence-electron chi connectivity index (χ0n) is 9.81. The van der Waals surface area contributed by atoms with E-state index in [9.17, 15) is 0 Å². The van der Waals surface area contributed by atoms with Crippen LogP contribution in [0.1, 0.15) is 11.1 Å². The highest BCUT2D eigenvalue weighted by atomic mass is 79.9. The molecule has 0 aliphatic rings. The Balaban J connectivity index is 2.06. The van der Waals surface area contributed by atoms with E-state index in [0.717, 1.165) is 31.8 Å². The highest BCUT2D eigenvalue weighted by Gasteiger charge is 2.00. The molecule has 1 N–H and O–H groups in total. The average Bonchev–Trinajstić information content (AvgIpc) is 2.35. The lowest BCUT2D eigenvalue weighted by Crippen LogP contribution is -1.99. The molecule has 94 valence electrons. The van der Waals surface area contributed by atoms with Gasteiger partial charge >= 0.3 is 0 Å². The second-order valence-electron chi connectivity index (χ2n) is 4.07. The number of hydrogen-bond acceptors (Lipinski definition) is 1. The molecule has 0 aliphatic heterocycles. The smallest absolute Gasteiger partial charge is 0.0551 e. The van der Waals surface area contributed by atoms with Gasteiger partial charge in [0, 0.05) is 21.2 Å². The van der Waals surface area contributed by atoms with E-state index in [0.29, 0.717) is 0 Å². The third-order valence-electron chi connectivity index (χ3n) is 2.64. The Hall–Kier alpha value is -0.510. The summed E-state index contributed by atoms with van der Waals surface area (Å²) in [7, 11) is 0. The van der Waals surface area contributed by atoms with Crippen molar-refractivity contribution >= 4 is 49.1 Å². The molecule has 0 aromatic heterocycles. The van der Waals surface area contributed by atoms with Crippen molar-refractivity contribution in [3.63, 3.8) is 0 Å². The van der Waals surface area contributed by atoms with Crippen molar-refractivity contribution in [2.24, 2.45) is 0 Å². The fraction of sp³-hybridized carbons (Fsp3) is 0.143. The number of aryl methyl sites for hydroxylation is 1. The van der Waals surface area contributed by atoms with Crippen molar-refractivity contribution in [3.05, 3.63) is 61.5 Å². The molecule has 2 aromatic carbocycles. The number of rotatable bonds is 3. The Bertz CT molecular complexity index is 518. The zero-order valence-corrected chi connectivity index (χ0v) is 13.7. The standard InChI is InChI=1S/C14H12Br2ClN/c1-9-6-11(3-5-12(9)15)18-8-10-2-4-13(16)14(17)7-10/h2-7,18H,8H2,1H3. The van der Waals surface area contributed by atoms with Gasteiger partial charge in [-0.25, -0.2) is 0 Å². The Morgan fingerprint density at radius 1 is 1.06 bits per heavy atom. The number of hydrogen-bond donors (Lipinski definition) is 1. The maximum absolute atomic E-state index is 6.06. The molecule has 2 aromatic rings. The van der Waals surface area contributed by atoms with Gasteiger partial charge in [0.15, 0.2) is 0 Å². The van der Waals surface area contributed by atoms with Crippen molar-refractivity contribution in [1.29, 1.82) is 0 Å². The number of benzene rings is 2. The quantitative estimate of drug-likeness (QED) is 0.701. The minimum absolute atomic E-state index is 0.737. The molecule has 2 rings (SSSR count). The van der Waals surface area contributed by atoms with Crippen LogP contribution in [0.15, 0.2) is 45.3 Å². The van der Waals surface area contributed by atoms with Crippen molar-refractivity contribution in [1.82, 2.24) is 0 Å². The fourth-order valence-electron chi connectivity index (χ4n) is 1.61. The first kappa shape index (κ1) is 13.9. The van der Waals surface area contributed by atoms with Gasteiger partial charge in [0.05, 0.1) is 5.02 Å². The Kier molecular flexibility index (Phi) is 4.71. The summed E-state index contributed by atoms with van der Waals surface area (Å²) in [6.45, 7) is 2.83. The predicted octanol–water partition coefficient (Wildman–Crippen LogP) is 5.79. The van der Waals surface area contributed by atoms with E-state index in [4.69, 9.17) is 11.6 Å². The van der Waals surface area contributed by atoms with Crippen molar-refractivity contribution in [2.75, 3.05) is 5.32 Å². The topological polar surface area (TPSA) is 12.0 Å². The highest BCUT2D eigenvalue weighted by Crippen LogP contribution is 2.24. The van der Waals surface area contributed by atoms with Gasteiger partial charge in [-0.1, -0.05) is 33.6 Å². The zero-order chi connectivity index (χ0) is 13.1. The van der Waals surface area contributed by atoms with Crippen LogP contribution in [0.25, 0.3) is 0 Å². The fourth-order valence-corrected chi connectivity index (χ4v) is 2.30. The average molecular weight is 390 g/mol. The summed E-state index contributed by atoms with van der Waals surface area (Å²) in [6.07, 6.45) is 0. The van der Waals surface area contributed by atoms with E-state index in [1.54, 1.807) is 0 Å². The van der Waals surface area contributed by atoms with Crippen LogP contribution in [-0.4, -0.2) is 0 Å². The molecule has 0 atom stereocenters. The molecular weight excluding hydrogens is 377 g/mol. The van der Waals surface area contributed by atoms with Gasteiger partial charge in [0.25, 0.3) is 0 Å². The molecule has 18 heavy (non-hydrogen) atoms. The summed E-state index contributed by atoms with van der Waals surface area (Å²) in [6, 6.07) is 12.2. The molecule has 0 heterocycles. The molecule has 0 aliphatic carbocycles. The maximum Gasteiger partial charge on any atom is 0.0551 e. The lowest BCUT2D eigenvalue weighted by Gasteiger charge is -2.09. The summed E-state index contributed by atoms with van der Waals surface area (Å²) >= 11 is 12.9. The lowest BCUT2D eigenvalue weighted by molar-refractivity contribution is 1.14. The van der Waals surface area contributed by atoms with Crippen LogP contribution in [0.5, 0.6) is 0 Å². The van der Waals surface area contributed by atoms with Crippen LogP contribution >= 0.6 is 43.5 Å². The first-order valence-corrected chi connectivity index (χ1v) is 7.46. The number of anilines is 1. The molecule has 0 spiro atoms. The van der Waals surface area contributed by atoms with Gasteiger partial charge in [0.2, 0.25) is 0 Å². The van der Waals surface area contributed by atoms with E-state index in [2.05, 4.69) is 62.3 Å². The monoisotopic (exact) mass is 387 g/mol. The van der Waals surface area contributed by atoms with Crippen LogP contribution in [0, 0.1) is 6.92 Å². The van der Waals surface area contributed by atoms with E-state index in [1.165, 1.54) is 5.56 Å². The van der Waals surface area contributed by atoms with E-state index in [-0.39, 0.29) is 0 Å². The minimum atomic E-state index is 0.737. The second-order valence-corrected chi connectivity index (χ2v) is 6.18. The van der Waals surface area contributed by atoms with E-state index < -0.39 is 0 Å². The number of nitrogens with one attached hydrogen (secondary N) is 1. The van der Waals surface area contributed by atoms with E-state index in [1.807, 2.05) is 18.2 Å². The van der Waals surface area contributed by atoms with Crippen LogP contribution in [0.4, 0.5) is 5.69 Å². The largest absolute Gasteiger partial charge is 0.381 e. The molecule has 0 saturated carbocycles. The van der Waals surface area contributed by atoms with Gasteiger partial charge in [-0.3, -0.25) is 0 Å². The maximum atomic E-state index is 6.06. The SMILES string of the molecule is Cc1cc(NCc2ccc(Br)c(Cl)c2)ccc1Br. The second kappa shape index (κ2) is 6.09. The summed E-state index contributed by atoms with van der Waals surface area (Å²) in [5.41, 5.74) is 3.48.